The fraction of sp³-hybridized carbons (Fsp3) is 0.538. The molecule has 1 aromatic carbocycles. The number of benzene rings is 1. The molecular weight excluding hydrogens is 202 g/mol. The molecule has 0 aromatic heterocycles. The molecule has 1 aliphatic rings. The van der Waals surface area contributed by atoms with Gasteiger partial charge in [0.05, 0.1) is 13.2 Å². The predicted molar refractivity (Wildman–Crippen MR) is 63.8 cm³/mol. The van der Waals surface area contributed by atoms with Gasteiger partial charge in [0.1, 0.15) is 5.75 Å². The number of hydrogen-bond donors (Lipinski definition) is 1. The molecule has 1 aliphatic heterocycles. The lowest BCUT2D eigenvalue weighted by atomic mass is 10.1. The topological polar surface area (TPSA) is 30.5 Å². The molecule has 16 heavy (non-hydrogen) atoms. The smallest absolute Gasteiger partial charge is 0.122 e. The molecule has 1 heterocycles. The highest BCUT2D eigenvalue weighted by Crippen LogP contribution is 2.25. The van der Waals surface area contributed by atoms with E-state index in [9.17, 15) is 0 Å². The van der Waals surface area contributed by atoms with Gasteiger partial charge >= 0.3 is 0 Å². The van der Waals surface area contributed by atoms with Crippen LogP contribution in [0.2, 0.25) is 0 Å². The van der Waals surface area contributed by atoms with E-state index in [0.29, 0.717) is 6.61 Å². The Morgan fingerprint density at radius 3 is 3.25 bits per heavy atom. The summed E-state index contributed by atoms with van der Waals surface area (Å²) in [7, 11) is 1.96. The van der Waals surface area contributed by atoms with Crippen LogP contribution >= 0.6 is 0 Å². The van der Waals surface area contributed by atoms with Crippen molar-refractivity contribution in [2.24, 2.45) is 0 Å². The summed E-state index contributed by atoms with van der Waals surface area (Å²) < 4.78 is 11.1. The summed E-state index contributed by atoms with van der Waals surface area (Å²) >= 11 is 0. The monoisotopic (exact) mass is 221 g/mol. The molecule has 0 spiro atoms. The molecule has 2 rings (SSSR count). The normalized spacial score (nSPS) is 13.6. The second-order valence-electron chi connectivity index (χ2n) is 4.05. The molecule has 0 atom stereocenters. The molecule has 0 bridgehead atoms. The van der Waals surface area contributed by atoms with Crippen LogP contribution < -0.4 is 10.1 Å². The molecule has 0 unspecified atom stereocenters. The van der Waals surface area contributed by atoms with E-state index in [4.69, 9.17) is 9.47 Å². The van der Waals surface area contributed by atoms with Gasteiger partial charge in [-0.3, -0.25) is 0 Å². The fourth-order valence-corrected chi connectivity index (χ4v) is 1.87. The zero-order valence-corrected chi connectivity index (χ0v) is 9.79. The van der Waals surface area contributed by atoms with Crippen LogP contribution in [0.1, 0.15) is 17.5 Å². The summed E-state index contributed by atoms with van der Waals surface area (Å²) in [5.41, 5.74) is 2.56. The summed E-state index contributed by atoms with van der Waals surface area (Å²) in [4.78, 5) is 0. The van der Waals surface area contributed by atoms with E-state index < -0.39 is 0 Å². The minimum absolute atomic E-state index is 0.705. The Hall–Kier alpha value is -1.06. The fourth-order valence-electron chi connectivity index (χ4n) is 1.87. The highest BCUT2D eigenvalue weighted by atomic mass is 16.5. The molecule has 0 saturated heterocycles. The maximum Gasteiger partial charge on any atom is 0.122 e. The quantitative estimate of drug-likeness (QED) is 0.742. The predicted octanol–water partition coefficient (Wildman–Crippen LogP) is 1.75. The van der Waals surface area contributed by atoms with E-state index in [1.165, 1.54) is 11.1 Å². The van der Waals surface area contributed by atoms with Crippen molar-refractivity contribution in [3.05, 3.63) is 29.3 Å². The molecule has 3 nitrogen and oxygen atoms in total. The summed E-state index contributed by atoms with van der Waals surface area (Å²) in [6.45, 7) is 3.35. The van der Waals surface area contributed by atoms with Crippen molar-refractivity contribution in [1.29, 1.82) is 0 Å². The van der Waals surface area contributed by atoms with Gasteiger partial charge in [0.2, 0.25) is 0 Å². The molecule has 0 fully saturated rings. The van der Waals surface area contributed by atoms with Gasteiger partial charge in [0.25, 0.3) is 0 Å². The van der Waals surface area contributed by atoms with Crippen molar-refractivity contribution in [3.8, 4) is 5.75 Å². The van der Waals surface area contributed by atoms with Crippen LogP contribution in [0.5, 0.6) is 5.75 Å². The van der Waals surface area contributed by atoms with Gasteiger partial charge < -0.3 is 14.8 Å². The minimum Gasteiger partial charge on any atom is -0.493 e. The van der Waals surface area contributed by atoms with Gasteiger partial charge in [-0.05, 0) is 43.3 Å². The van der Waals surface area contributed by atoms with Gasteiger partial charge in [0, 0.05) is 13.0 Å². The zero-order chi connectivity index (χ0) is 11.2. The third kappa shape index (κ3) is 2.97. The number of ether oxygens (including phenoxy) is 2. The Kier molecular flexibility index (Phi) is 4.19. The molecule has 88 valence electrons. The first-order chi connectivity index (χ1) is 7.90. The highest BCUT2D eigenvalue weighted by molar-refractivity contribution is 5.39. The first-order valence-electron chi connectivity index (χ1n) is 5.87. The van der Waals surface area contributed by atoms with Crippen molar-refractivity contribution in [3.63, 3.8) is 0 Å². The van der Waals surface area contributed by atoms with Gasteiger partial charge in [-0.1, -0.05) is 6.07 Å². The SMILES string of the molecule is CNCCCOCc1ccc2c(c1)CCO2. The summed E-state index contributed by atoms with van der Waals surface area (Å²) in [6, 6.07) is 6.33. The third-order valence-electron chi connectivity index (χ3n) is 2.74. The van der Waals surface area contributed by atoms with Crippen LogP contribution in [-0.4, -0.2) is 26.8 Å². The van der Waals surface area contributed by atoms with Crippen molar-refractivity contribution < 1.29 is 9.47 Å². The lowest BCUT2D eigenvalue weighted by Crippen LogP contribution is -2.10. The Labute approximate surface area is 96.8 Å². The zero-order valence-electron chi connectivity index (χ0n) is 9.79. The molecular formula is C13H19NO2. The van der Waals surface area contributed by atoms with E-state index >= 15 is 0 Å². The molecule has 0 saturated carbocycles. The first kappa shape index (κ1) is 11.4. The van der Waals surface area contributed by atoms with Crippen LogP contribution in [0.25, 0.3) is 0 Å². The Balaban J connectivity index is 1.77. The average Bonchev–Trinajstić information content (AvgIpc) is 2.76. The van der Waals surface area contributed by atoms with Crippen LogP contribution in [-0.2, 0) is 17.8 Å². The standard InChI is InChI=1S/C13H19NO2/c1-14-6-2-7-15-10-11-3-4-13-12(9-11)5-8-16-13/h3-4,9,14H,2,5-8,10H2,1H3. The van der Waals surface area contributed by atoms with Crippen molar-refractivity contribution in [2.45, 2.75) is 19.4 Å². The van der Waals surface area contributed by atoms with Gasteiger partial charge in [0.15, 0.2) is 0 Å². The van der Waals surface area contributed by atoms with Gasteiger partial charge in [-0.25, -0.2) is 0 Å². The molecule has 3 heteroatoms. The van der Waals surface area contributed by atoms with E-state index in [1.54, 1.807) is 0 Å². The van der Waals surface area contributed by atoms with Crippen LogP contribution in [0, 0.1) is 0 Å². The maximum absolute atomic E-state index is 5.60. The molecule has 1 N–H and O–H groups in total. The Morgan fingerprint density at radius 1 is 1.44 bits per heavy atom. The molecule has 1 aromatic rings. The van der Waals surface area contributed by atoms with Crippen molar-refractivity contribution >= 4 is 0 Å². The van der Waals surface area contributed by atoms with Crippen molar-refractivity contribution in [1.82, 2.24) is 5.32 Å². The summed E-state index contributed by atoms with van der Waals surface area (Å²) in [5, 5.41) is 3.10. The molecule has 0 radical (unpaired) electrons. The minimum atomic E-state index is 0.705. The molecule has 0 amide bonds. The van der Waals surface area contributed by atoms with Crippen LogP contribution in [0.15, 0.2) is 18.2 Å². The van der Waals surface area contributed by atoms with Crippen LogP contribution in [0.3, 0.4) is 0 Å². The van der Waals surface area contributed by atoms with E-state index in [0.717, 1.165) is 38.3 Å². The largest absolute Gasteiger partial charge is 0.493 e. The number of hydrogen-bond acceptors (Lipinski definition) is 3. The lowest BCUT2D eigenvalue weighted by Gasteiger charge is -2.06. The van der Waals surface area contributed by atoms with Gasteiger partial charge in [-0.2, -0.15) is 0 Å². The maximum atomic E-state index is 5.60. The van der Waals surface area contributed by atoms with Crippen molar-refractivity contribution in [2.75, 3.05) is 26.8 Å². The summed E-state index contributed by atoms with van der Waals surface area (Å²) in [6.07, 6.45) is 2.09. The Morgan fingerprint density at radius 2 is 2.38 bits per heavy atom. The average molecular weight is 221 g/mol. The number of fused-ring (bicyclic) bond motifs is 1. The Bertz CT molecular complexity index is 339. The van der Waals surface area contributed by atoms with Crippen LogP contribution in [0.4, 0.5) is 0 Å². The second kappa shape index (κ2) is 5.87. The van der Waals surface area contributed by atoms with Gasteiger partial charge in [-0.15, -0.1) is 0 Å². The van der Waals surface area contributed by atoms with E-state index in [2.05, 4.69) is 23.5 Å². The summed E-state index contributed by atoms with van der Waals surface area (Å²) in [5.74, 6) is 1.04. The highest BCUT2D eigenvalue weighted by Gasteiger charge is 2.11. The number of nitrogens with one attached hydrogen (secondary N) is 1. The first-order valence-corrected chi connectivity index (χ1v) is 5.87. The van der Waals surface area contributed by atoms with E-state index in [1.807, 2.05) is 7.05 Å². The molecule has 0 aliphatic carbocycles. The van der Waals surface area contributed by atoms with E-state index in [-0.39, 0.29) is 0 Å². The third-order valence-corrected chi connectivity index (χ3v) is 2.74. The lowest BCUT2D eigenvalue weighted by molar-refractivity contribution is 0.119. The number of rotatable bonds is 6. The second-order valence-corrected chi connectivity index (χ2v) is 4.05.